The molecule has 0 atom stereocenters. The van der Waals surface area contributed by atoms with E-state index < -0.39 is 21.8 Å². The van der Waals surface area contributed by atoms with Gasteiger partial charge in [-0.25, -0.2) is 22.7 Å². The molecule has 1 aliphatic heterocycles. The van der Waals surface area contributed by atoms with Crippen LogP contribution in [0, 0.1) is 12.1 Å². The zero-order valence-corrected chi connectivity index (χ0v) is 20.5. The first-order valence-electron chi connectivity index (χ1n) is 10.4. The first kappa shape index (κ1) is 23.7. The molecule has 0 spiro atoms. The van der Waals surface area contributed by atoms with Gasteiger partial charge >= 0.3 is 11.8 Å². The second kappa shape index (κ2) is 8.11. The number of pyridine rings is 1. The molecule has 0 bridgehead atoms. The van der Waals surface area contributed by atoms with E-state index in [4.69, 9.17) is 11.6 Å². The largest absolute Gasteiger partial charge is 0.711 e. The van der Waals surface area contributed by atoms with E-state index in [0.717, 1.165) is 5.56 Å². The van der Waals surface area contributed by atoms with Crippen molar-refractivity contribution in [2.45, 2.75) is 38.0 Å². The number of aromatic nitrogens is 1. The maximum Gasteiger partial charge on any atom is 0.352 e. The number of rotatable bonds is 4. The van der Waals surface area contributed by atoms with E-state index >= 15 is 0 Å². The summed E-state index contributed by atoms with van der Waals surface area (Å²) in [6.07, 6.45) is 1.23. The highest BCUT2D eigenvalue weighted by molar-refractivity contribution is 7.92. The monoisotopic (exact) mass is 499 g/mol. The number of anilines is 2. The Balaban J connectivity index is 1.75. The number of nitrogens with zero attached hydrogens (tertiary/aromatic N) is 2. The van der Waals surface area contributed by atoms with Gasteiger partial charge in [0.1, 0.15) is 11.1 Å². The van der Waals surface area contributed by atoms with Gasteiger partial charge in [0.15, 0.2) is 0 Å². The lowest BCUT2D eigenvalue weighted by Crippen LogP contribution is -2.41. The third-order valence-electron chi connectivity index (χ3n) is 5.53. The molecule has 1 aliphatic rings. The van der Waals surface area contributed by atoms with Gasteiger partial charge < -0.3 is 5.21 Å². The summed E-state index contributed by atoms with van der Waals surface area (Å²) in [6.45, 7) is 7.73. The molecule has 1 aromatic heterocycles. The predicted octanol–water partition coefficient (Wildman–Crippen LogP) is 4.18. The summed E-state index contributed by atoms with van der Waals surface area (Å²) >= 11 is 6.21. The van der Waals surface area contributed by atoms with Crippen LogP contribution in [0.3, 0.4) is 0 Å². The van der Waals surface area contributed by atoms with Crippen molar-refractivity contribution >= 4 is 44.9 Å². The number of amides is 2. The maximum atomic E-state index is 13.3. The van der Waals surface area contributed by atoms with Gasteiger partial charge in [0.05, 0.1) is 21.8 Å². The molecule has 2 amide bonds. The van der Waals surface area contributed by atoms with Crippen molar-refractivity contribution in [2.24, 2.45) is 0 Å². The Labute approximate surface area is 202 Å². The van der Waals surface area contributed by atoms with Crippen molar-refractivity contribution in [2.75, 3.05) is 9.62 Å². The van der Waals surface area contributed by atoms with E-state index in [2.05, 4.69) is 4.72 Å². The molecule has 0 unspecified atom stereocenters. The highest BCUT2D eigenvalue weighted by Crippen LogP contribution is 2.37. The average Bonchev–Trinajstić information content (AvgIpc) is 3.01. The number of carbonyl (C=O) groups is 2. The fourth-order valence-electron chi connectivity index (χ4n) is 3.70. The lowest BCUT2D eigenvalue weighted by atomic mass is 9.87. The Morgan fingerprint density at radius 1 is 0.941 bits per heavy atom. The van der Waals surface area contributed by atoms with Crippen LogP contribution in [0.25, 0.3) is 0 Å². The molecule has 8 nitrogen and oxygen atoms in total. The molecule has 0 saturated carbocycles. The fraction of sp³-hybridized carbons (Fsp3) is 0.208. The van der Waals surface area contributed by atoms with Crippen LogP contribution in [0.15, 0.2) is 59.6 Å². The van der Waals surface area contributed by atoms with Gasteiger partial charge in [-0.05, 0) is 53.8 Å². The van der Waals surface area contributed by atoms with Crippen LogP contribution in [0.4, 0.5) is 11.5 Å². The van der Waals surface area contributed by atoms with Gasteiger partial charge in [-0.3, -0.25) is 4.72 Å². The van der Waals surface area contributed by atoms with Crippen LogP contribution >= 0.6 is 11.6 Å². The third-order valence-corrected chi connectivity index (χ3v) is 7.23. The Morgan fingerprint density at radius 2 is 1.56 bits per heavy atom. The number of carbonyl (C=O) groups excluding carboxylic acids is 2. The van der Waals surface area contributed by atoms with Crippen molar-refractivity contribution in [3.05, 3.63) is 87.2 Å². The minimum Gasteiger partial charge on any atom is -0.711 e. The topological polar surface area (TPSA) is 110 Å². The summed E-state index contributed by atoms with van der Waals surface area (Å²) in [5, 5.41) is 12.3. The zero-order valence-electron chi connectivity index (χ0n) is 18.9. The first-order valence-corrected chi connectivity index (χ1v) is 12.2. The molecule has 1 N–H and O–H groups in total. The molecule has 0 radical (unpaired) electrons. The average molecular weight is 500 g/mol. The molecule has 2 aromatic carbocycles. The van der Waals surface area contributed by atoms with E-state index in [-0.39, 0.29) is 38.0 Å². The van der Waals surface area contributed by atoms with E-state index in [1.54, 1.807) is 25.1 Å². The summed E-state index contributed by atoms with van der Waals surface area (Å²) in [7, 11) is -4.09. The normalized spacial score (nSPS) is 13.9. The molecule has 176 valence electrons. The quantitative estimate of drug-likeness (QED) is 0.329. The molecule has 3 aromatic rings. The lowest BCUT2D eigenvalue weighted by Gasteiger charge is -2.19. The van der Waals surface area contributed by atoms with Crippen LogP contribution in [0.1, 0.15) is 52.6 Å². The van der Waals surface area contributed by atoms with Gasteiger partial charge in [-0.1, -0.05) is 44.5 Å². The number of imide groups is 1. The van der Waals surface area contributed by atoms with E-state index in [1.165, 1.54) is 36.5 Å². The number of sulfonamides is 1. The van der Waals surface area contributed by atoms with Crippen molar-refractivity contribution in [1.82, 2.24) is 0 Å². The molecular weight excluding hydrogens is 478 g/mol. The molecular formula is C24H22ClN3O5S. The number of hydrogen-bond donors (Lipinski definition) is 1. The minimum absolute atomic E-state index is 0.00577. The summed E-state index contributed by atoms with van der Waals surface area (Å²) in [6, 6.07) is 12.0. The number of halogens is 1. The van der Waals surface area contributed by atoms with Gasteiger partial charge in [-0.2, -0.15) is 0 Å². The van der Waals surface area contributed by atoms with Gasteiger partial charge in [-0.15, -0.1) is 4.90 Å². The van der Waals surface area contributed by atoms with Crippen LogP contribution in [-0.2, 0) is 15.4 Å². The summed E-state index contributed by atoms with van der Waals surface area (Å²) in [5.74, 6) is -1.87. The van der Waals surface area contributed by atoms with Gasteiger partial charge in [0.25, 0.3) is 15.8 Å². The number of nitrogens with one attached hydrogen (secondary N) is 1. The SMILES string of the molecule is Cc1ccc(N2C(=O)c3c(Cl)ccc(NS(=O)(=O)c4ccc(C(C)(C)C)cc4)c3C2=O)[n+]([O-])c1. The Kier molecular flexibility index (Phi) is 5.65. The molecule has 2 heterocycles. The zero-order chi connectivity index (χ0) is 25.0. The van der Waals surface area contributed by atoms with Crippen molar-refractivity contribution < 1.29 is 22.7 Å². The fourth-order valence-corrected chi connectivity index (χ4v) is 5.01. The summed E-state index contributed by atoms with van der Waals surface area (Å²) in [4.78, 5) is 27.0. The highest BCUT2D eigenvalue weighted by atomic mass is 35.5. The number of aryl methyl sites for hydroxylation is 1. The molecule has 0 fully saturated rings. The van der Waals surface area contributed by atoms with Crippen molar-refractivity contribution in [1.29, 1.82) is 0 Å². The second-order valence-electron chi connectivity index (χ2n) is 9.06. The third kappa shape index (κ3) is 4.01. The lowest BCUT2D eigenvalue weighted by molar-refractivity contribution is -0.591. The molecule has 0 aliphatic carbocycles. The molecule has 0 saturated heterocycles. The number of hydrogen-bond acceptors (Lipinski definition) is 5. The molecule has 10 heteroatoms. The summed E-state index contributed by atoms with van der Waals surface area (Å²) in [5.41, 5.74) is 0.948. The molecule has 4 rings (SSSR count). The van der Waals surface area contributed by atoms with E-state index in [0.29, 0.717) is 15.2 Å². The molecule has 34 heavy (non-hydrogen) atoms. The van der Waals surface area contributed by atoms with Crippen LogP contribution in [0.2, 0.25) is 5.02 Å². The van der Waals surface area contributed by atoms with Crippen LogP contribution in [0.5, 0.6) is 0 Å². The standard InChI is InChI=1S/C24H22ClN3O5S/c1-14-5-12-19(27(31)13-14)28-22(29)20-17(25)10-11-18(21(20)23(28)30)26-34(32,33)16-8-6-15(7-9-16)24(2,3)4/h5-13,26H,1-4H3. The minimum atomic E-state index is -4.09. The predicted molar refractivity (Wildman–Crippen MR) is 129 cm³/mol. The Bertz CT molecular complexity index is 1440. The van der Waals surface area contributed by atoms with Crippen molar-refractivity contribution in [3.8, 4) is 0 Å². The van der Waals surface area contributed by atoms with Gasteiger partial charge in [0, 0.05) is 6.07 Å². The Hall–Kier alpha value is -3.43. The van der Waals surface area contributed by atoms with E-state index in [9.17, 15) is 23.2 Å². The van der Waals surface area contributed by atoms with Crippen LogP contribution in [-0.4, -0.2) is 20.2 Å². The first-order chi connectivity index (χ1) is 15.8. The van der Waals surface area contributed by atoms with Gasteiger partial charge in [0.2, 0.25) is 0 Å². The second-order valence-corrected chi connectivity index (χ2v) is 11.2. The van der Waals surface area contributed by atoms with E-state index in [1.807, 2.05) is 20.8 Å². The number of benzene rings is 2. The highest BCUT2D eigenvalue weighted by Gasteiger charge is 2.48. The van der Waals surface area contributed by atoms with Crippen molar-refractivity contribution in [3.63, 3.8) is 0 Å². The Morgan fingerprint density at radius 3 is 2.15 bits per heavy atom. The maximum absolute atomic E-state index is 13.3. The van der Waals surface area contributed by atoms with Crippen LogP contribution < -0.4 is 14.4 Å². The smallest absolute Gasteiger partial charge is 0.352 e. The summed E-state index contributed by atoms with van der Waals surface area (Å²) < 4.78 is 28.9. The number of fused-ring (bicyclic) bond motifs is 1.